The molecule has 0 unspecified atom stereocenters. The predicted molar refractivity (Wildman–Crippen MR) is 72.9 cm³/mol. The summed E-state index contributed by atoms with van der Waals surface area (Å²) in [5.41, 5.74) is 11.3. The van der Waals surface area contributed by atoms with Gasteiger partial charge in [0.1, 0.15) is 0 Å². The van der Waals surface area contributed by atoms with Crippen molar-refractivity contribution < 1.29 is 8.42 Å². The Morgan fingerprint density at radius 3 is 1.89 bits per heavy atom. The number of nitrogens with zero attached hydrogens (tertiary/aromatic N) is 3. The maximum atomic E-state index is 11.5. The third kappa shape index (κ3) is 2.93. The van der Waals surface area contributed by atoms with E-state index in [0.29, 0.717) is 0 Å². The quantitative estimate of drug-likeness (QED) is 0.485. The molecule has 0 heterocycles. The molecular weight excluding hydrogens is 262 g/mol. The van der Waals surface area contributed by atoms with E-state index in [1.54, 1.807) is 12.1 Å². The molecule has 96 valence electrons. The Morgan fingerprint density at radius 2 is 1.42 bits per heavy atom. The Labute approximate surface area is 111 Å². The number of hydrogen-bond acceptors (Lipinski definition) is 2. The SMILES string of the molecule is Cc1ccc(-c2ccc(S(=O)(=O)N=[N+]=[N-])cc2)cc1. The van der Waals surface area contributed by atoms with Gasteiger partial charge in [0.05, 0.1) is 4.90 Å². The topological polar surface area (TPSA) is 82.9 Å². The van der Waals surface area contributed by atoms with Gasteiger partial charge >= 0.3 is 0 Å². The van der Waals surface area contributed by atoms with Gasteiger partial charge in [-0.3, -0.25) is 0 Å². The molecular formula is C13H11N3O2S. The summed E-state index contributed by atoms with van der Waals surface area (Å²) in [5.74, 6) is 0. The largest absolute Gasteiger partial charge is 0.264 e. The van der Waals surface area contributed by atoms with Gasteiger partial charge < -0.3 is 0 Å². The molecule has 0 atom stereocenters. The molecule has 0 aliphatic heterocycles. The first kappa shape index (κ1) is 13.1. The zero-order valence-electron chi connectivity index (χ0n) is 10.2. The lowest BCUT2D eigenvalue weighted by atomic mass is 10.0. The zero-order valence-corrected chi connectivity index (χ0v) is 11.0. The fourth-order valence-corrected chi connectivity index (χ4v) is 2.33. The van der Waals surface area contributed by atoms with Crippen molar-refractivity contribution in [2.75, 3.05) is 0 Å². The second-order valence-electron chi connectivity index (χ2n) is 4.04. The van der Waals surface area contributed by atoms with Gasteiger partial charge in [-0.1, -0.05) is 42.0 Å². The van der Waals surface area contributed by atoms with Crippen molar-refractivity contribution in [2.24, 2.45) is 4.52 Å². The molecule has 0 N–H and O–H groups in total. The molecule has 6 heteroatoms. The van der Waals surface area contributed by atoms with Crippen LogP contribution in [-0.2, 0) is 10.0 Å². The highest BCUT2D eigenvalue weighted by molar-refractivity contribution is 7.90. The zero-order chi connectivity index (χ0) is 13.9. The van der Waals surface area contributed by atoms with Crippen LogP contribution in [0.25, 0.3) is 21.6 Å². The first-order chi connectivity index (χ1) is 9.03. The average Bonchev–Trinajstić information content (AvgIpc) is 2.40. The highest BCUT2D eigenvalue weighted by Gasteiger charge is 2.11. The van der Waals surface area contributed by atoms with Crippen LogP contribution in [0.15, 0.2) is 57.9 Å². The molecule has 0 saturated carbocycles. The van der Waals surface area contributed by atoms with Crippen LogP contribution in [0.4, 0.5) is 0 Å². The third-order valence-corrected chi connectivity index (χ3v) is 3.84. The van der Waals surface area contributed by atoms with Crippen LogP contribution in [-0.4, -0.2) is 8.42 Å². The standard InChI is InChI=1S/C13H11N3O2S/c1-10-2-4-11(5-3-10)12-6-8-13(9-7-12)19(17,18)16-15-14/h2-9H,1H3. The highest BCUT2D eigenvalue weighted by atomic mass is 32.2. The van der Waals surface area contributed by atoms with E-state index in [2.05, 4.69) is 9.43 Å². The molecule has 0 aliphatic rings. The Kier molecular flexibility index (Phi) is 3.55. The van der Waals surface area contributed by atoms with Crippen molar-refractivity contribution in [3.05, 3.63) is 64.5 Å². The summed E-state index contributed by atoms with van der Waals surface area (Å²) in [6.07, 6.45) is 0. The summed E-state index contributed by atoms with van der Waals surface area (Å²) in [4.78, 5) is 2.30. The maximum absolute atomic E-state index is 11.5. The molecule has 0 aromatic heterocycles. The lowest BCUT2D eigenvalue weighted by molar-refractivity contribution is 0.597. The van der Waals surface area contributed by atoms with E-state index in [1.165, 1.54) is 12.1 Å². The molecule has 2 aromatic carbocycles. The summed E-state index contributed by atoms with van der Waals surface area (Å²) in [7, 11) is -3.91. The van der Waals surface area contributed by atoms with Crippen molar-refractivity contribution >= 4 is 10.0 Å². The molecule has 0 aliphatic carbocycles. The van der Waals surface area contributed by atoms with E-state index >= 15 is 0 Å². The van der Waals surface area contributed by atoms with E-state index in [9.17, 15) is 8.42 Å². The monoisotopic (exact) mass is 273 g/mol. The Morgan fingerprint density at radius 1 is 0.947 bits per heavy atom. The first-order valence-electron chi connectivity index (χ1n) is 5.51. The van der Waals surface area contributed by atoms with Gasteiger partial charge in [0.15, 0.2) is 0 Å². The highest BCUT2D eigenvalue weighted by Crippen LogP contribution is 2.22. The number of aryl methyl sites for hydroxylation is 1. The minimum absolute atomic E-state index is 0.0128. The van der Waals surface area contributed by atoms with Crippen LogP contribution in [0.1, 0.15) is 5.56 Å². The second-order valence-corrected chi connectivity index (χ2v) is 5.62. The summed E-state index contributed by atoms with van der Waals surface area (Å²) in [6.45, 7) is 2.00. The molecule has 0 bridgehead atoms. The van der Waals surface area contributed by atoms with Crippen molar-refractivity contribution in [3.8, 4) is 11.1 Å². The normalized spacial score (nSPS) is 10.8. The van der Waals surface area contributed by atoms with Gasteiger partial charge in [0.25, 0.3) is 10.0 Å². The molecule has 2 rings (SSSR count). The van der Waals surface area contributed by atoms with E-state index in [4.69, 9.17) is 5.53 Å². The molecule has 19 heavy (non-hydrogen) atoms. The first-order valence-corrected chi connectivity index (χ1v) is 6.95. The second kappa shape index (κ2) is 5.14. The number of azide groups is 1. The predicted octanol–water partition coefficient (Wildman–Crippen LogP) is 3.66. The number of benzene rings is 2. The van der Waals surface area contributed by atoms with Crippen LogP contribution in [0.3, 0.4) is 0 Å². The van der Waals surface area contributed by atoms with Gasteiger partial charge in [0, 0.05) is 9.43 Å². The van der Waals surface area contributed by atoms with E-state index in [0.717, 1.165) is 16.7 Å². The summed E-state index contributed by atoms with van der Waals surface area (Å²) in [5, 5.41) is 0. The lowest BCUT2D eigenvalue weighted by Crippen LogP contribution is -1.94. The van der Waals surface area contributed by atoms with E-state index < -0.39 is 10.0 Å². The molecule has 0 spiro atoms. The van der Waals surface area contributed by atoms with Crippen molar-refractivity contribution in [3.63, 3.8) is 0 Å². The molecule has 0 fully saturated rings. The third-order valence-electron chi connectivity index (χ3n) is 2.68. The summed E-state index contributed by atoms with van der Waals surface area (Å²) in [6, 6.07) is 14.1. The Hall–Kier alpha value is -2.30. The fourth-order valence-electron chi connectivity index (χ4n) is 1.66. The van der Waals surface area contributed by atoms with E-state index in [-0.39, 0.29) is 4.90 Å². The number of sulfonamides is 1. The van der Waals surface area contributed by atoms with E-state index in [1.807, 2.05) is 31.2 Å². The van der Waals surface area contributed by atoms with Crippen LogP contribution in [0.5, 0.6) is 0 Å². The number of rotatable bonds is 3. The minimum Gasteiger partial charge on any atom is -0.216 e. The average molecular weight is 273 g/mol. The Balaban J connectivity index is 2.39. The minimum atomic E-state index is -3.91. The van der Waals surface area contributed by atoms with Crippen LogP contribution in [0.2, 0.25) is 0 Å². The smallest absolute Gasteiger partial charge is 0.216 e. The van der Waals surface area contributed by atoms with Crippen LogP contribution >= 0.6 is 0 Å². The molecule has 0 radical (unpaired) electrons. The molecule has 0 amide bonds. The van der Waals surface area contributed by atoms with Gasteiger partial charge in [-0.05, 0) is 35.7 Å². The fraction of sp³-hybridized carbons (Fsp3) is 0.0769. The van der Waals surface area contributed by atoms with Gasteiger partial charge in [0.2, 0.25) is 0 Å². The van der Waals surface area contributed by atoms with Gasteiger partial charge in [-0.25, -0.2) is 8.42 Å². The van der Waals surface area contributed by atoms with Crippen LogP contribution in [0, 0.1) is 6.92 Å². The van der Waals surface area contributed by atoms with Gasteiger partial charge in [-0.15, -0.1) is 0 Å². The number of hydrogen-bond donors (Lipinski definition) is 0. The maximum Gasteiger partial charge on any atom is 0.264 e. The van der Waals surface area contributed by atoms with Crippen molar-refractivity contribution in [1.82, 2.24) is 0 Å². The molecule has 5 nitrogen and oxygen atoms in total. The molecule has 0 saturated heterocycles. The van der Waals surface area contributed by atoms with Crippen LogP contribution < -0.4 is 0 Å². The van der Waals surface area contributed by atoms with Gasteiger partial charge in [-0.2, -0.15) is 0 Å². The van der Waals surface area contributed by atoms with Crippen molar-refractivity contribution in [1.29, 1.82) is 0 Å². The Bertz CT molecular complexity index is 728. The molecule has 2 aromatic rings. The lowest BCUT2D eigenvalue weighted by Gasteiger charge is -2.03. The summed E-state index contributed by atoms with van der Waals surface area (Å²) < 4.78 is 25.8. The summed E-state index contributed by atoms with van der Waals surface area (Å²) >= 11 is 0. The van der Waals surface area contributed by atoms with Crippen molar-refractivity contribution in [2.45, 2.75) is 11.8 Å².